The summed E-state index contributed by atoms with van der Waals surface area (Å²) in [5.41, 5.74) is 0.719. The second-order valence-electron chi connectivity index (χ2n) is 6.90. The first-order valence-electron chi connectivity index (χ1n) is 9.88. The predicted octanol–water partition coefficient (Wildman–Crippen LogP) is 4.33. The van der Waals surface area contributed by atoms with E-state index < -0.39 is 0 Å². The van der Waals surface area contributed by atoms with Crippen molar-refractivity contribution in [1.82, 2.24) is 19.8 Å². The largest absolute Gasteiger partial charge is 0.494 e. The maximum absolute atomic E-state index is 5.70. The van der Waals surface area contributed by atoms with E-state index in [1.165, 1.54) is 0 Å². The molecule has 0 aliphatic carbocycles. The smallest absolute Gasteiger partial charge is 0.242 e. The maximum Gasteiger partial charge on any atom is 0.242 e. The van der Waals surface area contributed by atoms with Crippen molar-refractivity contribution in [2.24, 2.45) is 0 Å². The van der Waals surface area contributed by atoms with E-state index in [4.69, 9.17) is 18.7 Å². The van der Waals surface area contributed by atoms with Crippen molar-refractivity contribution >= 4 is 48.0 Å². The molecule has 0 N–H and O–H groups in total. The highest BCUT2D eigenvalue weighted by Gasteiger charge is 2.30. The number of hydrogen-bond acceptors (Lipinski definition) is 10. The highest BCUT2D eigenvalue weighted by Crippen LogP contribution is 2.40. The van der Waals surface area contributed by atoms with Gasteiger partial charge in [-0.25, -0.2) is 0 Å². The Hall–Kier alpha value is -1.61. The Balaban J connectivity index is 1.85. The number of furan rings is 1. The molecular weight excluding hydrogens is 565 g/mol. The Labute approximate surface area is 207 Å². The molecule has 1 aromatic carbocycles. The van der Waals surface area contributed by atoms with E-state index in [0.717, 1.165) is 24.5 Å². The Kier molecular flexibility index (Phi) is 8.10. The quantitative estimate of drug-likeness (QED) is 0.252. The summed E-state index contributed by atoms with van der Waals surface area (Å²) in [6.07, 6.45) is 1.62. The lowest BCUT2D eigenvalue weighted by molar-refractivity contribution is -0.0866. The molecule has 3 aromatic rings. The van der Waals surface area contributed by atoms with Gasteiger partial charge in [-0.05, 0) is 57.4 Å². The van der Waals surface area contributed by atoms with E-state index in [9.17, 15) is 0 Å². The van der Waals surface area contributed by atoms with Crippen LogP contribution in [0.15, 0.2) is 41.0 Å². The van der Waals surface area contributed by atoms with Gasteiger partial charge in [0.25, 0.3) is 0 Å². The number of halogens is 1. The van der Waals surface area contributed by atoms with E-state index >= 15 is 0 Å². The topological polar surface area (TPSA) is 78.0 Å². The first-order valence-corrected chi connectivity index (χ1v) is 14.2. The molecule has 4 rings (SSSR count). The number of aromatic nitrogens is 3. The molecule has 0 spiro atoms. The third kappa shape index (κ3) is 4.98. The van der Waals surface area contributed by atoms with Crippen LogP contribution in [0.4, 0.5) is 5.95 Å². The number of anilines is 1. The first kappa shape index (κ1) is 23.5. The molecule has 9 nitrogen and oxygen atoms in total. The molecule has 1 fully saturated rings. The Morgan fingerprint density at radius 1 is 1.19 bits per heavy atom. The van der Waals surface area contributed by atoms with Crippen molar-refractivity contribution in [2.75, 3.05) is 51.0 Å². The van der Waals surface area contributed by atoms with Gasteiger partial charge in [0.2, 0.25) is 11.8 Å². The van der Waals surface area contributed by atoms with Crippen molar-refractivity contribution in [3.05, 3.63) is 36.6 Å². The van der Waals surface area contributed by atoms with Gasteiger partial charge in [-0.3, -0.25) is 13.7 Å². The molecule has 1 aliphatic rings. The van der Waals surface area contributed by atoms with Gasteiger partial charge in [0.05, 0.1) is 32.3 Å². The van der Waals surface area contributed by atoms with Crippen LogP contribution in [0.25, 0.3) is 17.3 Å². The summed E-state index contributed by atoms with van der Waals surface area (Å²) >= 11 is 4.02. The zero-order valence-electron chi connectivity index (χ0n) is 17.9. The monoisotopic (exact) mass is 589 g/mol. The van der Waals surface area contributed by atoms with E-state index in [1.54, 1.807) is 41.4 Å². The standard InChI is InChI=1S/C20H24IN5O4S2/c1-24-12-14(13-30-24)32-25(9-11-31-21)20-23-22-19(17-8-5-10-29-17)26(20)18-15(27-2)6-4-7-16(18)28-3/h4-8,10,14H,9,11-13H2,1-3H3. The molecule has 172 valence electrons. The normalized spacial score (nSPS) is 16.4. The molecule has 1 aliphatic heterocycles. The van der Waals surface area contributed by atoms with Crippen LogP contribution < -0.4 is 13.8 Å². The molecule has 0 bridgehead atoms. The van der Waals surface area contributed by atoms with Crippen LogP contribution in [0.2, 0.25) is 0 Å². The second kappa shape index (κ2) is 11.0. The SMILES string of the molecule is COc1cccc(OC)c1-n1c(-c2ccco2)nnc1N(CCSI)SC1CON(C)C1. The highest BCUT2D eigenvalue weighted by molar-refractivity contribution is 14.2. The Bertz CT molecular complexity index is 997. The van der Waals surface area contributed by atoms with Crippen LogP contribution in [0.3, 0.4) is 0 Å². The van der Waals surface area contributed by atoms with Gasteiger partial charge in [-0.1, -0.05) is 15.0 Å². The molecule has 3 heterocycles. The lowest BCUT2D eigenvalue weighted by atomic mass is 10.2. The van der Waals surface area contributed by atoms with Crippen LogP contribution in [0.5, 0.6) is 11.5 Å². The summed E-state index contributed by atoms with van der Waals surface area (Å²) in [6.45, 7) is 2.24. The van der Waals surface area contributed by atoms with Crippen LogP contribution in [0, 0.1) is 0 Å². The fraction of sp³-hybridized carbons (Fsp3) is 0.400. The highest BCUT2D eigenvalue weighted by atomic mass is 127. The number of para-hydroxylation sites is 1. The number of benzene rings is 1. The van der Waals surface area contributed by atoms with Gasteiger partial charge in [-0.2, -0.15) is 5.06 Å². The molecule has 12 heteroatoms. The van der Waals surface area contributed by atoms with Crippen LogP contribution in [-0.4, -0.2) is 71.8 Å². The Morgan fingerprint density at radius 3 is 2.56 bits per heavy atom. The summed E-state index contributed by atoms with van der Waals surface area (Å²) in [5.74, 6) is 4.06. The van der Waals surface area contributed by atoms with Crippen LogP contribution >= 0.6 is 42.1 Å². The van der Waals surface area contributed by atoms with Crippen LogP contribution in [-0.2, 0) is 4.84 Å². The van der Waals surface area contributed by atoms with Gasteiger partial charge < -0.3 is 13.9 Å². The van der Waals surface area contributed by atoms with Gasteiger partial charge >= 0.3 is 0 Å². The average molecular weight is 589 g/mol. The molecular formula is C20H24IN5O4S2. The van der Waals surface area contributed by atoms with E-state index in [2.05, 4.69) is 35.7 Å². The summed E-state index contributed by atoms with van der Waals surface area (Å²) in [7, 11) is 6.98. The van der Waals surface area contributed by atoms with Crippen molar-refractivity contribution < 1.29 is 18.7 Å². The average Bonchev–Trinajstić information content (AvgIpc) is 3.56. The van der Waals surface area contributed by atoms with Crippen molar-refractivity contribution in [1.29, 1.82) is 0 Å². The lowest BCUT2D eigenvalue weighted by Crippen LogP contribution is -2.27. The van der Waals surface area contributed by atoms with Crippen LogP contribution in [0.1, 0.15) is 0 Å². The van der Waals surface area contributed by atoms with Gasteiger partial charge in [0, 0.05) is 25.9 Å². The van der Waals surface area contributed by atoms with Crippen molar-refractivity contribution in [3.8, 4) is 28.8 Å². The first-order chi connectivity index (χ1) is 15.7. The number of hydrogen-bond donors (Lipinski definition) is 0. The summed E-state index contributed by atoms with van der Waals surface area (Å²) in [4.78, 5) is 5.64. The minimum Gasteiger partial charge on any atom is -0.494 e. The second-order valence-corrected chi connectivity index (χ2v) is 10.7. The summed E-state index contributed by atoms with van der Waals surface area (Å²) in [5, 5.41) is 11.2. The fourth-order valence-electron chi connectivity index (χ4n) is 3.42. The number of ether oxygens (including phenoxy) is 2. The molecule has 32 heavy (non-hydrogen) atoms. The molecule has 1 atom stereocenters. The van der Waals surface area contributed by atoms with Crippen molar-refractivity contribution in [3.63, 3.8) is 0 Å². The Morgan fingerprint density at radius 2 is 1.97 bits per heavy atom. The predicted molar refractivity (Wildman–Crippen MR) is 136 cm³/mol. The molecule has 1 unspecified atom stereocenters. The van der Waals surface area contributed by atoms with Gasteiger partial charge in [-0.15, -0.1) is 10.2 Å². The molecule has 0 amide bonds. The zero-order valence-corrected chi connectivity index (χ0v) is 21.7. The molecule has 0 saturated carbocycles. The van der Waals surface area contributed by atoms with E-state index in [0.29, 0.717) is 35.6 Å². The summed E-state index contributed by atoms with van der Waals surface area (Å²) < 4.78 is 21.2. The minimum absolute atomic E-state index is 0.274. The third-order valence-corrected chi connectivity index (χ3v) is 7.67. The summed E-state index contributed by atoms with van der Waals surface area (Å²) in [6, 6.07) is 9.38. The van der Waals surface area contributed by atoms with Gasteiger partial charge in [0.1, 0.15) is 17.2 Å². The molecule has 0 radical (unpaired) electrons. The number of methoxy groups -OCH3 is 2. The molecule has 1 saturated heterocycles. The van der Waals surface area contributed by atoms with E-state index in [-0.39, 0.29) is 5.25 Å². The number of nitrogens with zero attached hydrogens (tertiary/aromatic N) is 5. The third-order valence-electron chi connectivity index (χ3n) is 4.83. The van der Waals surface area contributed by atoms with E-state index in [1.807, 2.05) is 47.0 Å². The van der Waals surface area contributed by atoms with Gasteiger partial charge in [0.15, 0.2) is 5.76 Å². The fourth-order valence-corrected chi connectivity index (χ4v) is 5.55. The van der Waals surface area contributed by atoms with Crippen molar-refractivity contribution in [2.45, 2.75) is 5.25 Å². The zero-order chi connectivity index (χ0) is 22.5. The maximum atomic E-state index is 5.70. The number of hydroxylamine groups is 2. The lowest BCUT2D eigenvalue weighted by Gasteiger charge is -2.25. The molecule has 2 aromatic heterocycles. The number of rotatable bonds is 10. The minimum atomic E-state index is 0.274.